The molecule has 0 bridgehead atoms. The van der Waals surface area contributed by atoms with Crippen molar-refractivity contribution in [3.05, 3.63) is 70.9 Å². The monoisotopic (exact) mass is 413 g/mol. The number of fused-ring (bicyclic) bond motifs is 2. The Kier molecular flexibility index (Phi) is 4.63. The van der Waals surface area contributed by atoms with Gasteiger partial charge in [-0.2, -0.15) is 0 Å². The molecular weight excluding hydrogens is 390 g/mol. The van der Waals surface area contributed by atoms with Crippen LogP contribution in [-0.2, 0) is 6.42 Å². The van der Waals surface area contributed by atoms with Crippen LogP contribution in [-0.4, -0.2) is 22.3 Å². The Bertz CT molecular complexity index is 1260. The molecule has 4 aromatic rings. The number of Topliss-reactive ketones (excluding diaryl/α,β-unsaturated/α-hetero) is 1. The summed E-state index contributed by atoms with van der Waals surface area (Å²) in [6.45, 7) is 6.89. The van der Waals surface area contributed by atoms with Gasteiger partial charge in [0.2, 0.25) is 0 Å². The zero-order valence-electron chi connectivity index (χ0n) is 17.3. The number of hydrogen-bond donors (Lipinski definition) is 0. The van der Waals surface area contributed by atoms with Gasteiger partial charge in [-0.05, 0) is 54.2 Å². The van der Waals surface area contributed by atoms with Crippen molar-refractivity contribution in [1.29, 1.82) is 0 Å². The summed E-state index contributed by atoms with van der Waals surface area (Å²) < 4.78 is 0. The quantitative estimate of drug-likeness (QED) is 0.364. The van der Waals surface area contributed by atoms with E-state index in [0.29, 0.717) is 5.92 Å². The fourth-order valence-corrected chi connectivity index (χ4v) is 5.08. The molecule has 1 aliphatic heterocycles. The Balaban J connectivity index is 1.62. The third kappa shape index (κ3) is 3.10. The van der Waals surface area contributed by atoms with Crippen molar-refractivity contribution < 1.29 is 4.79 Å². The lowest BCUT2D eigenvalue weighted by Crippen LogP contribution is -2.15. The molecule has 150 valence electrons. The van der Waals surface area contributed by atoms with Gasteiger partial charge < -0.3 is 4.90 Å². The second-order valence-corrected chi connectivity index (χ2v) is 8.96. The van der Waals surface area contributed by atoms with Crippen LogP contribution < -0.4 is 4.90 Å². The first-order chi connectivity index (χ1) is 14.5. The molecular formula is C25H23N3OS. The maximum atomic E-state index is 11.8. The minimum atomic E-state index is 0.102. The van der Waals surface area contributed by atoms with E-state index in [1.165, 1.54) is 22.3 Å². The van der Waals surface area contributed by atoms with E-state index in [1.807, 2.05) is 12.1 Å². The van der Waals surface area contributed by atoms with E-state index in [0.717, 1.165) is 40.3 Å². The van der Waals surface area contributed by atoms with Gasteiger partial charge in [0.1, 0.15) is 17.0 Å². The Hall–Kier alpha value is -3.05. The molecule has 2 aromatic carbocycles. The van der Waals surface area contributed by atoms with Gasteiger partial charge >= 0.3 is 0 Å². The largest absolute Gasteiger partial charge is 0.325 e. The highest BCUT2D eigenvalue weighted by atomic mass is 32.1. The highest BCUT2D eigenvalue weighted by molar-refractivity contribution is 7.17. The van der Waals surface area contributed by atoms with Crippen molar-refractivity contribution in [2.45, 2.75) is 33.1 Å². The number of carbonyl (C=O) groups is 1. The molecule has 0 N–H and O–H groups in total. The topological polar surface area (TPSA) is 46.1 Å². The highest BCUT2D eigenvalue weighted by Gasteiger charge is 2.25. The van der Waals surface area contributed by atoms with Gasteiger partial charge in [-0.25, -0.2) is 9.97 Å². The molecule has 5 rings (SSSR count). The van der Waals surface area contributed by atoms with Crippen LogP contribution in [0.5, 0.6) is 0 Å². The summed E-state index contributed by atoms with van der Waals surface area (Å²) in [6.07, 6.45) is 2.56. The normalized spacial score (nSPS) is 13.3. The molecule has 0 saturated heterocycles. The van der Waals surface area contributed by atoms with Crippen LogP contribution in [0, 0.1) is 0 Å². The lowest BCUT2D eigenvalue weighted by Gasteiger charge is -2.20. The molecule has 0 saturated carbocycles. The average molecular weight is 414 g/mol. The smallest absolute Gasteiger partial charge is 0.159 e. The summed E-state index contributed by atoms with van der Waals surface area (Å²) in [5.74, 6) is 1.56. The number of ketones is 1. The van der Waals surface area contributed by atoms with Crippen LogP contribution in [0.3, 0.4) is 0 Å². The summed E-state index contributed by atoms with van der Waals surface area (Å²) >= 11 is 1.66. The number of anilines is 2. The van der Waals surface area contributed by atoms with Crippen molar-refractivity contribution in [2.75, 3.05) is 11.4 Å². The van der Waals surface area contributed by atoms with Crippen LogP contribution in [0.1, 0.15) is 48.2 Å². The molecule has 0 atom stereocenters. The van der Waals surface area contributed by atoms with E-state index in [9.17, 15) is 4.79 Å². The molecule has 3 heterocycles. The van der Waals surface area contributed by atoms with Crippen molar-refractivity contribution in [1.82, 2.24) is 9.97 Å². The van der Waals surface area contributed by atoms with Gasteiger partial charge in [0.25, 0.3) is 0 Å². The van der Waals surface area contributed by atoms with Crippen molar-refractivity contribution >= 4 is 38.8 Å². The van der Waals surface area contributed by atoms with E-state index in [-0.39, 0.29) is 5.78 Å². The first kappa shape index (κ1) is 18.9. The second-order valence-electron chi connectivity index (χ2n) is 8.10. The van der Waals surface area contributed by atoms with E-state index >= 15 is 0 Å². The van der Waals surface area contributed by atoms with Crippen molar-refractivity contribution in [2.24, 2.45) is 0 Å². The lowest BCUT2D eigenvalue weighted by molar-refractivity contribution is 0.101. The predicted octanol–water partition coefficient (Wildman–Crippen LogP) is 6.38. The zero-order chi connectivity index (χ0) is 20.8. The Morgan fingerprint density at radius 1 is 1.10 bits per heavy atom. The summed E-state index contributed by atoms with van der Waals surface area (Å²) in [6, 6.07) is 14.8. The number of nitrogens with zero attached hydrogens (tertiary/aromatic N) is 3. The summed E-state index contributed by atoms with van der Waals surface area (Å²) in [5, 5.41) is 3.28. The summed E-state index contributed by atoms with van der Waals surface area (Å²) in [4.78, 5) is 24.3. The predicted molar refractivity (Wildman–Crippen MR) is 124 cm³/mol. The van der Waals surface area contributed by atoms with Crippen LogP contribution in [0.4, 0.5) is 11.5 Å². The van der Waals surface area contributed by atoms with Crippen LogP contribution in [0.15, 0.2) is 54.2 Å². The van der Waals surface area contributed by atoms with E-state index in [4.69, 9.17) is 4.98 Å². The average Bonchev–Trinajstić information content (AvgIpc) is 3.37. The minimum Gasteiger partial charge on any atom is -0.325 e. The summed E-state index contributed by atoms with van der Waals surface area (Å²) in [5.41, 5.74) is 6.80. The van der Waals surface area contributed by atoms with Gasteiger partial charge in [-0.3, -0.25) is 4.79 Å². The molecule has 1 aliphatic rings. The fraction of sp³-hybridized carbons (Fsp3) is 0.240. The van der Waals surface area contributed by atoms with E-state index < -0.39 is 0 Å². The standard InChI is InChI=1S/C25H23N3OS/c1-15(2)17-4-6-18(7-5-17)21-13-30-25-23(21)24(26-14-27-25)28-11-10-20-12-19(16(3)29)8-9-22(20)28/h4-9,12-15H,10-11H2,1-3H3. The van der Waals surface area contributed by atoms with Gasteiger partial charge in [0, 0.05) is 28.7 Å². The molecule has 0 amide bonds. The molecule has 5 heteroatoms. The van der Waals surface area contributed by atoms with E-state index in [2.05, 4.69) is 59.4 Å². The zero-order valence-corrected chi connectivity index (χ0v) is 18.2. The van der Waals surface area contributed by atoms with Crippen LogP contribution >= 0.6 is 11.3 Å². The van der Waals surface area contributed by atoms with Crippen molar-refractivity contribution in [3.63, 3.8) is 0 Å². The molecule has 2 aromatic heterocycles. The first-order valence-electron chi connectivity index (χ1n) is 10.3. The number of aromatic nitrogens is 2. The molecule has 30 heavy (non-hydrogen) atoms. The SMILES string of the molecule is CC(=O)c1ccc2c(c1)CCN2c1ncnc2scc(-c3ccc(C(C)C)cc3)c12. The second kappa shape index (κ2) is 7.33. The van der Waals surface area contributed by atoms with E-state index in [1.54, 1.807) is 24.6 Å². The molecule has 0 aliphatic carbocycles. The highest BCUT2D eigenvalue weighted by Crippen LogP contribution is 2.42. The Morgan fingerprint density at radius 3 is 2.63 bits per heavy atom. The number of carbonyl (C=O) groups excluding carboxylic acids is 1. The molecule has 4 nitrogen and oxygen atoms in total. The fourth-order valence-electron chi connectivity index (χ4n) is 4.16. The van der Waals surface area contributed by atoms with Crippen LogP contribution in [0.25, 0.3) is 21.3 Å². The van der Waals surface area contributed by atoms with Crippen LogP contribution in [0.2, 0.25) is 0 Å². The third-order valence-electron chi connectivity index (χ3n) is 5.88. The third-order valence-corrected chi connectivity index (χ3v) is 6.76. The minimum absolute atomic E-state index is 0.102. The number of thiophene rings is 1. The number of hydrogen-bond acceptors (Lipinski definition) is 5. The first-order valence-corrected chi connectivity index (χ1v) is 11.1. The lowest BCUT2D eigenvalue weighted by atomic mass is 9.99. The van der Waals surface area contributed by atoms with Gasteiger partial charge in [-0.1, -0.05) is 38.1 Å². The number of rotatable bonds is 4. The van der Waals surface area contributed by atoms with Gasteiger partial charge in [0.15, 0.2) is 5.78 Å². The Morgan fingerprint density at radius 2 is 1.90 bits per heavy atom. The van der Waals surface area contributed by atoms with Gasteiger partial charge in [0.05, 0.1) is 5.39 Å². The van der Waals surface area contributed by atoms with Gasteiger partial charge in [-0.15, -0.1) is 11.3 Å². The molecule has 0 fully saturated rings. The molecule has 0 radical (unpaired) electrons. The Labute approximate surface area is 180 Å². The van der Waals surface area contributed by atoms with Crippen molar-refractivity contribution in [3.8, 4) is 11.1 Å². The summed E-state index contributed by atoms with van der Waals surface area (Å²) in [7, 11) is 0. The molecule has 0 spiro atoms. The molecule has 0 unspecified atom stereocenters. The maximum Gasteiger partial charge on any atom is 0.159 e. The maximum absolute atomic E-state index is 11.8. The number of benzene rings is 2.